The Morgan fingerprint density at radius 3 is 2.31 bits per heavy atom. The monoisotopic (exact) mass is 231 g/mol. The first-order chi connectivity index (χ1) is 7.38. The Morgan fingerprint density at radius 2 is 1.88 bits per heavy atom. The van der Waals surface area contributed by atoms with Gasteiger partial charge in [-0.05, 0) is 13.3 Å². The summed E-state index contributed by atoms with van der Waals surface area (Å²) in [7, 11) is 1.45. The van der Waals surface area contributed by atoms with E-state index in [0.717, 1.165) is 0 Å². The fraction of sp³-hybridized carbons (Fsp3) is 0.667. The fourth-order valence-corrected chi connectivity index (χ4v) is 1.01. The SMILES string of the molecule is CNC(=O)C(C)NC(=O)C(N)CCC(=O)O. The van der Waals surface area contributed by atoms with Gasteiger partial charge in [-0.25, -0.2) is 0 Å². The van der Waals surface area contributed by atoms with Crippen molar-refractivity contribution in [3.05, 3.63) is 0 Å². The van der Waals surface area contributed by atoms with Crippen LogP contribution in [0.25, 0.3) is 0 Å². The van der Waals surface area contributed by atoms with E-state index in [1.54, 1.807) is 0 Å². The average molecular weight is 231 g/mol. The molecule has 16 heavy (non-hydrogen) atoms. The van der Waals surface area contributed by atoms with Crippen molar-refractivity contribution in [2.75, 3.05) is 7.05 Å². The predicted octanol–water partition coefficient (Wildman–Crippen LogP) is -1.57. The largest absolute Gasteiger partial charge is 0.481 e. The van der Waals surface area contributed by atoms with Gasteiger partial charge < -0.3 is 21.5 Å². The van der Waals surface area contributed by atoms with Crippen molar-refractivity contribution in [3.63, 3.8) is 0 Å². The molecule has 0 aromatic heterocycles. The Labute approximate surface area is 93.4 Å². The molecule has 0 rings (SSSR count). The lowest BCUT2D eigenvalue weighted by Crippen LogP contribution is -2.49. The molecule has 0 spiro atoms. The van der Waals surface area contributed by atoms with Gasteiger partial charge in [0.25, 0.3) is 0 Å². The second-order valence-corrected chi connectivity index (χ2v) is 3.38. The highest BCUT2D eigenvalue weighted by Crippen LogP contribution is 1.95. The summed E-state index contributed by atoms with van der Waals surface area (Å²) in [5.41, 5.74) is 5.45. The molecule has 92 valence electrons. The van der Waals surface area contributed by atoms with Crippen LogP contribution < -0.4 is 16.4 Å². The topological polar surface area (TPSA) is 122 Å². The van der Waals surface area contributed by atoms with Crippen molar-refractivity contribution in [3.8, 4) is 0 Å². The number of carboxylic acids is 1. The first-order valence-electron chi connectivity index (χ1n) is 4.87. The highest BCUT2D eigenvalue weighted by Gasteiger charge is 2.19. The Bertz CT molecular complexity index is 280. The van der Waals surface area contributed by atoms with Crippen LogP contribution in [0.5, 0.6) is 0 Å². The molecular weight excluding hydrogens is 214 g/mol. The van der Waals surface area contributed by atoms with Gasteiger partial charge in [-0.15, -0.1) is 0 Å². The Balaban J connectivity index is 4.04. The van der Waals surface area contributed by atoms with Gasteiger partial charge in [-0.2, -0.15) is 0 Å². The van der Waals surface area contributed by atoms with Crippen molar-refractivity contribution in [2.24, 2.45) is 5.73 Å². The second-order valence-electron chi connectivity index (χ2n) is 3.38. The number of nitrogens with one attached hydrogen (secondary N) is 2. The van der Waals surface area contributed by atoms with Gasteiger partial charge in [0.15, 0.2) is 0 Å². The fourth-order valence-electron chi connectivity index (χ4n) is 1.01. The Hall–Kier alpha value is -1.63. The zero-order valence-corrected chi connectivity index (χ0v) is 9.32. The molecule has 0 aromatic rings. The molecule has 0 aliphatic carbocycles. The second kappa shape index (κ2) is 6.78. The van der Waals surface area contributed by atoms with Gasteiger partial charge >= 0.3 is 5.97 Å². The lowest BCUT2D eigenvalue weighted by atomic mass is 10.1. The van der Waals surface area contributed by atoms with Gasteiger partial charge in [-0.1, -0.05) is 0 Å². The van der Waals surface area contributed by atoms with Crippen molar-refractivity contribution in [1.29, 1.82) is 0 Å². The van der Waals surface area contributed by atoms with Crippen molar-refractivity contribution >= 4 is 17.8 Å². The summed E-state index contributed by atoms with van der Waals surface area (Å²) in [6.45, 7) is 1.51. The maximum Gasteiger partial charge on any atom is 0.303 e. The smallest absolute Gasteiger partial charge is 0.303 e. The van der Waals surface area contributed by atoms with Gasteiger partial charge in [0.1, 0.15) is 6.04 Å². The summed E-state index contributed by atoms with van der Waals surface area (Å²) in [6, 6.07) is -1.60. The number of carbonyl (C=O) groups is 3. The highest BCUT2D eigenvalue weighted by molar-refractivity contribution is 5.89. The zero-order chi connectivity index (χ0) is 12.7. The summed E-state index contributed by atoms with van der Waals surface area (Å²) in [6.07, 6.45) is -0.134. The number of aliphatic carboxylic acids is 1. The highest BCUT2D eigenvalue weighted by atomic mass is 16.4. The van der Waals surface area contributed by atoms with E-state index in [9.17, 15) is 14.4 Å². The molecule has 5 N–H and O–H groups in total. The first-order valence-corrected chi connectivity index (χ1v) is 4.87. The minimum atomic E-state index is -1.01. The van der Waals surface area contributed by atoms with Crippen LogP contribution >= 0.6 is 0 Å². The van der Waals surface area contributed by atoms with Crippen molar-refractivity contribution < 1.29 is 19.5 Å². The molecular formula is C9H17N3O4. The quantitative estimate of drug-likeness (QED) is 0.440. The molecule has 0 radical (unpaired) electrons. The third kappa shape index (κ3) is 5.30. The van der Waals surface area contributed by atoms with E-state index < -0.39 is 24.0 Å². The van der Waals surface area contributed by atoms with Crippen LogP contribution in [0.3, 0.4) is 0 Å². The standard InChI is InChI=1S/C9H17N3O4/c1-5(8(15)11-2)12-9(16)6(10)3-4-7(13)14/h5-6H,3-4,10H2,1-2H3,(H,11,15)(H,12,16)(H,13,14). The van der Waals surface area contributed by atoms with Crippen LogP contribution in [0.4, 0.5) is 0 Å². The number of nitrogens with two attached hydrogens (primary N) is 1. The normalized spacial score (nSPS) is 13.7. The molecule has 0 fully saturated rings. The average Bonchev–Trinajstić information content (AvgIpc) is 2.24. The van der Waals surface area contributed by atoms with Gasteiger partial charge in [0, 0.05) is 13.5 Å². The van der Waals surface area contributed by atoms with E-state index in [1.165, 1.54) is 14.0 Å². The summed E-state index contributed by atoms with van der Waals surface area (Å²) in [4.78, 5) is 32.7. The molecule has 0 aliphatic heterocycles. The number of rotatable bonds is 6. The number of amides is 2. The van der Waals surface area contributed by atoms with E-state index in [2.05, 4.69) is 10.6 Å². The molecule has 2 amide bonds. The molecule has 2 atom stereocenters. The maximum atomic E-state index is 11.4. The van der Waals surface area contributed by atoms with Crippen LogP contribution in [0.1, 0.15) is 19.8 Å². The summed E-state index contributed by atoms with van der Waals surface area (Å²) in [5.74, 6) is -1.88. The number of carboxylic acid groups (broad SMARTS) is 1. The zero-order valence-electron chi connectivity index (χ0n) is 9.32. The van der Waals surface area contributed by atoms with Crippen LogP contribution in [0.15, 0.2) is 0 Å². The van der Waals surface area contributed by atoms with E-state index in [4.69, 9.17) is 10.8 Å². The minimum absolute atomic E-state index is 0.0433. The number of hydrogen-bond donors (Lipinski definition) is 4. The molecule has 7 nitrogen and oxygen atoms in total. The summed E-state index contributed by atoms with van der Waals surface area (Å²) in [5, 5.41) is 13.2. The number of carbonyl (C=O) groups excluding carboxylic acids is 2. The van der Waals surface area contributed by atoms with Crippen molar-refractivity contribution in [1.82, 2.24) is 10.6 Å². The van der Waals surface area contributed by atoms with E-state index in [1.807, 2.05) is 0 Å². The minimum Gasteiger partial charge on any atom is -0.481 e. The molecule has 0 heterocycles. The third-order valence-corrected chi connectivity index (χ3v) is 2.00. The number of hydrogen-bond acceptors (Lipinski definition) is 4. The van der Waals surface area contributed by atoms with Gasteiger partial charge in [0.05, 0.1) is 6.04 Å². The van der Waals surface area contributed by atoms with Crippen LogP contribution in [-0.4, -0.2) is 42.0 Å². The molecule has 0 aromatic carbocycles. The van der Waals surface area contributed by atoms with E-state index >= 15 is 0 Å². The molecule has 0 saturated carbocycles. The van der Waals surface area contributed by atoms with E-state index in [-0.39, 0.29) is 18.7 Å². The molecule has 7 heteroatoms. The maximum absolute atomic E-state index is 11.4. The lowest BCUT2D eigenvalue weighted by molar-refractivity contribution is -0.137. The molecule has 2 unspecified atom stereocenters. The molecule has 0 bridgehead atoms. The molecule has 0 saturated heterocycles. The summed E-state index contributed by atoms with van der Waals surface area (Å²) >= 11 is 0. The van der Waals surface area contributed by atoms with Crippen LogP contribution in [0.2, 0.25) is 0 Å². The number of likely N-dealkylation sites (N-methyl/N-ethyl adjacent to an activating group) is 1. The van der Waals surface area contributed by atoms with Crippen LogP contribution in [-0.2, 0) is 14.4 Å². The summed E-state index contributed by atoms with van der Waals surface area (Å²) < 4.78 is 0. The van der Waals surface area contributed by atoms with Crippen LogP contribution in [0, 0.1) is 0 Å². The predicted molar refractivity (Wildman–Crippen MR) is 56.5 cm³/mol. The lowest BCUT2D eigenvalue weighted by Gasteiger charge is -2.15. The molecule has 0 aliphatic rings. The van der Waals surface area contributed by atoms with Gasteiger partial charge in [-0.3, -0.25) is 14.4 Å². The third-order valence-electron chi connectivity index (χ3n) is 2.00. The van der Waals surface area contributed by atoms with E-state index in [0.29, 0.717) is 0 Å². The van der Waals surface area contributed by atoms with Gasteiger partial charge in [0.2, 0.25) is 11.8 Å². The first kappa shape index (κ1) is 14.4. The Kier molecular flexibility index (Phi) is 6.09. The Morgan fingerprint density at radius 1 is 1.31 bits per heavy atom. The van der Waals surface area contributed by atoms with Crippen molar-refractivity contribution in [2.45, 2.75) is 31.8 Å².